The minimum atomic E-state index is -0.654. The van der Waals surface area contributed by atoms with E-state index in [1.165, 1.54) is 13.2 Å². The van der Waals surface area contributed by atoms with E-state index in [1.54, 1.807) is 18.2 Å². The number of allylic oxidation sites excluding steroid dienone is 3. The van der Waals surface area contributed by atoms with Gasteiger partial charge in [0.2, 0.25) is 0 Å². The zero-order valence-corrected chi connectivity index (χ0v) is 19.8. The fraction of sp³-hybridized carbons (Fsp3) is 0.308. The molecule has 1 heterocycles. The minimum absolute atomic E-state index is 0.0194. The lowest BCUT2D eigenvalue weighted by Gasteiger charge is -2.44. The molecule has 2 aliphatic rings. The van der Waals surface area contributed by atoms with Crippen molar-refractivity contribution in [3.8, 4) is 17.6 Å². The molecule has 7 heteroatoms. The molecule has 2 aromatic rings. The number of nitriles is 1. The maximum absolute atomic E-state index is 13.6. The highest BCUT2D eigenvalue weighted by atomic mass is 35.5. The van der Waals surface area contributed by atoms with E-state index in [2.05, 4.69) is 19.9 Å². The minimum Gasteiger partial charge on any atom is -0.504 e. The second-order valence-corrected chi connectivity index (χ2v) is 9.70. The normalized spacial score (nSPS) is 19.9. The number of hydrogen-bond acceptors (Lipinski definition) is 6. The number of nitrogens with zero attached hydrogens (tertiary/aromatic N) is 2. The number of nitrogens with two attached hydrogens (primary N) is 1. The molecular formula is C26H26ClN3O3. The number of methoxy groups -OCH3 is 1. The van der Waals surface area contributed by atoms with E-state index in [-0.39, 0.29) is 34.1 Å². The molecular weight excluding hydrogens is 438 g/mol. The molecule has 0 bridgehead atoms. The Kier molecular flexibility index (Phi) is 5.63. The van der Waals surface area contributed by atoms with Crippen LogP contribution in [-0.2, 0) is 4.79 Å². The molecule has 33 heavy (non-hydrogen) atoms. The SMILES string of the molecule is COc1cc([C@@H]2C(C#N)=C(N)N(c3cccc(Cl)c3C)C3=C2C(=O)CC(C)(C)C3)ccc1O. The number of ether oxygens (including phenoxy) is 1. The fourth-order valence-corrected chi connectivity index (χ4v) is 5.00. The number of rotatable bonds is 3. The number of aromatic hydroxyl groups is 1. The summed E-state index contributed by atoms with van der Waals surface area (Å²) in [5.41, 5.74) is 10.2. The van der Waals surface area contributed by atoms with Crippen molar-refractivity contribution in [2.75, 3.05) is 12.0 Å². The summed E-state index contributed by atoms with van der Waals surface area (Å²) in [4.78, 5) is 15.4. The number of halogens is 1. The van der Waals surface area contributed by atoms with Gasteiger partial charge in [0.1, 0.15) is 5.82 Å². The second-order valence-electron chi connectivity index (χ2n) is 9.30. The van der Waals surface area contributed by atoms with Crippen molar-refractivity contribution in [3.63, 3.8) is 0 Å². The summed E-state index contributed by atoms with van der Waals surface area (Å²) in [5.74, 6) is -0.164. The molecule has 1 aliphatic carbocycles. The molecule has 6 nitrogen and oxygen atoms in total. The van der Waals surface area contributed by atoms with Crippen LogP contribution in [0, 0.1) is 23.7 Å². The molecule has 0 amide bonds. The summed E-state index contributed by atoms with van der Waals surface area (Å²) in [6.45, 7) is 6.00. The van der Waals surface area contributed by atoms with Gasteiger partial charge in [0, 0.05) is 22.7 Å². The summed E-state index contributed by atoms with van der Waals surface area (Å²) >= 11 is 6.41. The molecule has 3 N–H and O–H groups in total. The standard InChI is InChI=1S/C26H26ClN3O3/c1-14-17(27)6-5-7-18(14)30-19-11-26(2,3)12-21(32)24(19)23(16(13-28)25(30)29)15-8-9-20(31)22(10-15)33-4/h5-10,23,31H,11-12,29H2,1-4H3/t23-/m1/s1. The predicted molar refractivity (Wildman–Crippen MR) is 128 cm³/mol. The summed E-state index contributed by atoms with van der Waals surface area (Å²) < 4.78 is 5.28. The van der Waals surface area contributed by atoms with E-state index in [0.29, 0.717) is 29.0 Å². The third kappa shape index (κ3) is 3.73. The molecule has 1 aliphatic heterocycles. The van der Waals surface area contributed by atoms with Crippen LogP contribution in [-0.4, -0.2) is 18.0 Å². The van der Waals surface area contributed by atoms with Gasteiger partial charge in [0.25, 0.3) is 0 Å². The summed E-state index contributed by atoms with van der Waals surface area (Å²) in [6.07, 6.45) is 0.962. The zero-order valence-electron chi connectivity index (χ0n) is 19.1. The van der Waals surface area contributed by atoms with Crippen molar-refractivity contribution in [1.29, 1.82) is 5.26 Å². The molecule has 2 aromatic carbocycles. The first-order valence-electron chi connectivity index (χ1n) is 10.7. The Morgan fingerprint density at radius 3 is 2.67 bits per heavy atom. The highest BCUT2D eigenvalue weighted by Gasteiger charge is 2.45. The molecule has 0 saturated carbocycles. The molecule has 0 saturated heterocycles. The van der Waals surface area contributed by atoms with Crippen LogP contribution >= 0.6 is 11.6 Å². The molecule has 1 atom stereocenters. The van der Waals surface area contributed by atoms with Crippen LogP contribution in [0.15, 0.2) is 59.1 Å². The van der Waals surface area contributed by atoms with Crippen LogP contribution in [0.1, 0.15) is 43.7 Å². The summed E-state index contributed by atoms with van der Waals surface area (Å²) in [5, 5.41) is 20.8. The van der Waals surface area contributed by atoms with Gasteiger partial charge in [-0.05, 0) is 54.2 Å². The van der Waals surface area contributed by atoms with Crippen LogP contribution in [0.4, 0.5) is 5.69 Å². The predicted octanol–water partition coefficient (Wildman–Crippen LogP) is 5.30. The summed E-state index contributed by atoms with van der Waals surface area (Å²) in [7, 11) is 1.46. The lowest BCUT2D eigenvalue weighted by atomic mass is 9.68. The van der Waals surface area contributed by atoms with E-state index in [0.717, 1.165) is 16.9 Å². The third-order valence-corrected chi connectivity index (χ3v) is 6.81. The molecule has 170 valence electrons. The van der Waals surface area contributed by atoms with Crippen LogP contribution in [0.2, 0.25) is 5.02 Å². The Balaban J connectivity index is 2.03. The zero-order chi connectivity index (χ0) is 24.1. The van der Waals surface area contributed by atoms with Crippen molar-refractivity contribution in [3.05, 3.63) is 75.2 Å². The van der Waals surface area contributed by atoms with Gasteiger partial charge in [-0.25, -0.2) is 0 Å². The number of benzene rings is 2. The van der Waals surface area contributed by atoms with Crippen molar-refractivity contribution < 1.29 is 14.6 Å². The van der Waals surface area contributed by atoms with E-state index in [9.17, 15) is 15.2 Å². The second kappa shape index (κ2) is 8.17. The lowest BCUT2D eigenvalue weighted by Crippen LogP contribution is -2.42. The Morgan fingerprint density at radius 1 is 1.27 bits per heavy atom. The lowest BCUT2D eigenvalue weighted by molar-refractivity contribution is -0.118. The van der Waals surface area contributed by atoms with Crippen molar-refractivity contribution in [1.82, 2.24) is 0 Å². The van der Waals surface area contributed by atoms with Crippen LogP contribution in [0.25, 0.3) is 0 Å². The number of phenolic OH excluding ortho intramolecular Hbond substituents is 1. The largest absolute Gasteiger partial charge is 0.504 e. The third-order valence-electron chi connectivity index (χ3n) is 6.40. The van der Waals surface area contributed by atoms with Gasteiger partial charge in [0.15, 0.2) is 17.3 Å². The van der Waals surface area contributed by atoms with Crippen molar-refractivity contribution >= 4 is 23.1 Å². The van der Waals surface area contributed by atoms with Gasteiger partial charge in [-0.3, -0.25) is 9.69 Å². The van der Waals surface area contributed by atoms with Gasteiger partial charge in [-0.15, -0.1) is 0 Å². The average molecular weight is 464 g/mol. The molecule has 0 aromatic heterocycles. The maximum Gasteiger partial charge on any atom is 0.162 e. The monoisotopic (exact) mass is 463 g/mol. The van der Waals surface area contributed by atoms with Crippen LogP contribution < -0.4 is 15.4 Å². The molecule has 0 fully saturated rings. The Labute approximate surface area is 198 Å². The number of carbonyl (C=O) groups excluding carboxylic acids is 1. The molecule has 4 rings (SSSR count). The number of phenols is 1. The van der Waals surface area contributed by atoms with E-state index >= 15 is 0 Å². The van der Waals surface area contributed by atoms with Crippen molar-refractivity contribution in [2.24, 2.45) is 11.1 Å². The first kappa shape index (κ1) is 22.8. The van der Waals surface area contributed by atoms with Gasteiger partial charge in [0.05, 0.1) is 30.4 Å². The first-order valence-corrected chi connectivity index (χ1v) is 11.1. The molecule has 0 unspecified atom stereocenters. The van der Waals surface area contributed by atoms with Gasteiger partial charge < -0.3 is 15.6 Å². The van der Waals surface area contributed by atoms with Crippen molar-refractivity contribution in [2.45, 2.75) is 39.5 Å². The Bertz CT molecular complexity index is 1270. The number of Topliss-reactive ketones (excluding diaryl/α,β-unsaturated/α-hetero) is 1. The Hall–Kier alpha value is -3.43. The number of ketones is 1. The number of hydrogen-bond donors (Lipinski definition) is 2. The van der Waals surface area contributed by atoms with E-state index in [1.807, 2.05) is 24.0 Å². The van der Waals surface area contributed by atoms with Gasteiger partial charge in [-0.2, -0.15) is 5.26 Å². The van der Waals surface area contributed by atoms with E-state index in [4.69, 9.17) is 22.1 Å². The molecule has 0 radical (unpaired) electrons. The van der Waals surface area contributed by atoms with E-state index < -0.39 is 5.92 Å². The van der Waals surface area contributed by atoms with Gasteiger partial charge >= 0.3 is 0 Å². The molecule has 0 spiro atoms. The summed E-state index contributed by atoms with van der Waals surface area (Å²) in [6, 6.07) is 12.6. The highest BCUT2D eigenvalue weighted by molar-refractivity contribution is 6.31. The topological polar surface area (TPSA) is 99.6 Å². The van der Waals surface area contributed by atoms with Gasteiger partial charge in [-0.1, -0.05) is 37.6 Å². The quantitative estimate of drug-likeness (QED) is 0.640. The maximum atomic E-state index is 13.6. The Morgan fingerprint density at radius 2 is 2.00 bits per heavy atom. The van der Waals surface area contributed by atoms with Crippen LogP contribution in [0.5, 0.6) is 11.5 Å². The fourth-order valence-electron chi connectivity index (χ4n) is 4.83. The van der Waals surface area contributed by atoms with Crippen LogP contribution in [0.3, 0.4) is 0 Å². The number of carbonyl (C=O) groups is 1. The smallest absolute Gasteiger partial charge is 0.162 e. The number of anilines is 1. The first-order chi connectivity index (χ1) is 15.6. The average Bonchev–Trinajstić information content (AvgIpc) is 2.75. The highest BCUT2D eigenvalue weighted by Crippen LogP contribution is 2.51.